The lowest BCUT2D eigenvalue weighted by Gasteiger charge is -1.99. The average molecular weight is 240 g/mol. The van der Waals surface area contributed by atoms with Gasteiger partial charge in [-0.3, -0.25) is 15.2 Å². The minimum absolute atomic E-state index is 0.148. The maximum absolute atomic E-state index is 12.0. The van der Waals surface area contributed by atoms with E-state index in [-0.39, 0.29) is 11.9 Å². The molecule has 0 atom stereocenters. The van der Waals surface area contributed by atoms with E-state index in [1.54, 1.807) is 0 Å². The van der Waals surface area contributed by atoms with Crippen LogP contribution in [0.1, 0.15) is 10.5 Å². The number of hydrogen-bond acceptors (Lipinski definition) is 5. The van der Waals surface area contributed by atoms with Crippen LogP contribution in [-0.2, 0) is 0 Å². The van der Waals surface area contributed by atoms with E-state index in [4.69, 9.17) is 0 Å². The lowest BCUT2D eigenvalue weighted by molar-refractivity contribution is 0.102. The van der Waals surface area contributed by atoms with Crippen LogP contribution in [0.2, 0.25) is 0 Å². The second-order valence-corrected chi connectivity index (χ2v) is 3.54. The van der Waals surface area contributed by atoms with Crippen LogP contribution in [0.25, 0.3) is 10.9 Å². The highest BCUT2D eigenvalue weighted by Crippen LogP contribution is 2.15. The van der Waals surface area contributed by atoms with Gasteiger partial charge in [0.2, 0.25) is 5.95 Å². The second-order valence-electron chi connectivity index (χ2n) is 3.54. The Balaban J connectivity index is 1.93. The first kappa shape index (κ1) is 10.3. The highest BCUT2D eigenvalue weighted by Gasteiger charge is 2.14. The van der Waals surface area contributed by atoms with Crippen molar-refractivity contribution in [2.24, 2.45) is 0 Å². The van der Waals surface area contributed by atoms with Gasteiger partial charge in [0.1, 0.15) is 0 Å². The standard InChI is InChI=1S/C11H8N6O/c18-10(14-11-12-5-6-13-17-11)9-7-3-1-2-4-8(7)15-16-9/h1-6H,(H,15,16)(H,12,14,17,18). The molecule has 0 fully saturated rings. The van der Waals surface area contributed by atoms with Crippen molar-refractivity contribution in [2.75, 3.05) is 5.32 Å². The summed E-state index contributed by atoms with van der Waals surface area (Å²) in [4.78, 5) is 15.9. The molecule has 0 saturated heterocycles. The number of fused-ring (bicyclic) bond motifs is 1. The maximum Gasteiger partial charge on any atom is 0.279 e. The molecular formula is C11H8N6O. The molecule has 2 aromatic heterocycles. The van der Waals surface area contributed by atoms with Crippen molar-refractivity contribution in [2.45, 2.75) is 0 Å². The Morgan fingerprint density at radius 3 is 2.94 bits per heavy atom. The van der Waals surface area contributed by atoms with Crippen molar-refractivity contribution in [1.82, 2.24) is 25.4 Å². The van der Waals surface area contributed by atoms with Gasteiger partial charge in [-0.1, -0.05) is 18.2 Å². The van der Waals surface area contributed by atoms with Crippen molar-refractivity contribution in [1.29, 1.82) is 0 Å². The predicted octanol–water partition coefficient (Wildman–Crippen LogP) is 1.00. The Hall–Kier alpha value is -2.83. The van der Waals surface area contributed by atoms with E-state index in [0.29, 0.717) is 5.69 Å². The number of amides is 1. The topological polar surface area (TPSA) is 96.5 Å². The summed E-state index contributed by atoms with van der Waals surface area (Å²) in [5.41, 5.74) is 1.10. The predicted molar refractivity (Wildman–Crippen MR) is 63.9 cm³/mol. The van der Waals surface area contributed by atoms with E-state index < -0.39 is 0 Å². The Morgan fingerprint density at radius 1 is 1.22 bits per heavy atom. The van der Waals surface area contributed by atoms with Gasteiger partial charge >= 0.3 is 0 Å². The molecule has 88 valence electrons. The molecule has 7 nitrogen and oxygen atoms in total. The van der Waals surface area contributed by atoms with Gasteiger partial charge in [-0.05, 0) is 6.07 Å². The highest BCUT2D eigenvalue weighted by atomic mass is 16.2. The molecule has 0 bridgehead atoms. The number of aromatic nitrogens is 5. The molecular weight excluding hydrogens is 232 g/mol. The van der Waals surface area contributed by atoms with Gasteiger partial charge in [0.05, 0.1) is 17.9 Å². The maximum atomic E-state index is 12.0. The van der Waals surface area contributed by atoms with E-state index in [9.17, 15) is 4.79 Å². The number of aromatic amines is 1. The monoisotopic (exact) mass is 240 g/mol. The number of para-hydroxylation sites is 1. The molecule has 18 heavy (non-hydrogen) atoms. The normalized spacial score (nSPS) is 10.4. The van der Waals surface area contributed by atoms with E-state index in [1.165, 1.54) is 12.4 Å². The van der Waals surface area contributed by atoms with E-state index >= 15 is 0 Å². The minimum atomic E-state index is -0.375. The van der Waals surface area contributed by atoms with Gasteiger partial charge in [-0.15, -0.1) is 5.10 Å². The summed E-state index contributed by atoms with van der Waals surface area (Å²) in [7, 11) is 0. The molecule has 1 amide bonds. The largest absolute Gasteiger partial charge is 0.288 e. The van der Waals surface area contributed by atoms with Gasteiger partial charge in [-0.25, -0.2) is 4.98 Å². The number of nitrogens with one attached hydrogen (secondary N) is 2. The Labute approximate surface area is 101 Å². The van der Waals surface area contributed by atoms with Gasteiger partial charge in [0.15, 0.2) is 5.69 Å². The summed E-state index contributed by atoms with van der Waals surface area (Å²) in [5, 5.41) is 17.3. The van der Waals surface area contributed by atoms with Crippen LogP contribution in [0.4, 0.5) is 5.95 Å². The van der Waals surface area contributed by atoms with Gasteiger partial charge in [-0.2, -0.15) is 10.2 Å². The fourth-order valence-electron chi connectivity index (χ4n) is 1.60. The van der Waals surface area contributed by atoms with Crippen LogP contribution in [0.15, 0.2) is 36.7 Å². The average Bonchev–Trinajstić information content (AvgIpc) is 2.84. The Kier molecular flexibility index (Phi) is 2.41. The van der Waals surface area contributed by atoms with Crippen molar-refractivity contribution in [3.63, 3.8) is 0 Å². The van der Waals surface area contributed by atoms with E-state index in [0.717, 1.165) is 10.9 Å². The lowest BCUT2D eigenvalue weighted by atomic mass is 10.2. The summed E-state index contributed by atoms with van der Waals surface area (Å²) >= 11 is 0. The van der Waals surface area contributed by atoms with Crippen molar-refractivity contribution < 1.29 is 4.79 Å². The molecule has 0 saturated carbocycles. The lowest BCUT2D eigenvalue weighted by Crippen LogP contribution is -2.15. The first-order valence-electron chi connectivity index (χ1n) is 5.23. The number of carbonyl (C=O) groups excluding carboxylic acids is 1. The summed E-state index contributed by atoms with van der Waals surface area (Å²) in [6.45, 7) is 0. The fourth-order valence-corrected chi connectivity index (χ4v) is 1.60. The first-order chi connectivity index (χ1) is 8.84. The third-order valence-electron chi connectivity index (χ3n) is 2.39. The zero-order chi connectivity index (χ0) is 12.4. The van der Waals surface area contributed by atoms with Crippen LogP contribution in [0, 0.1) is 0 Å². The smallest absolute Gasteiger partial charge is 0.279 e. The number of nitrogens with zero attached hydrogens (tertiary/aromatic N) is 4. The highest BCUT2D eigenvalue weighted by molar-refractivity contribution is 6.10. The Bertz CT molecular complexity index is 693. The molecule has 7 heteroatoms. The zero-order valence-corrected chi connectivity index (χ0v) is 9.16. The number of H-pyrrole nitrogens is 1. The van der Waals surface area contributed by atoms with Crippen LogP contribution < -0.4 is 5.32 Å². The molecule has 3 rings (SSSR count). The third-order valence-corrected chi connectivity index (χ3v) is 2.39. The molecule has 3 aromatic rings. The SMILES string of the molecule is O=C(Nc1nccnn1)c1n[nH]c2ccccc12. The summed E-state index contributed by atoms with van der Waals surface area (Å²) in [5.74, 6) is -0.227. The molecule has 0 aliphatic heterocycles. The summed E-state index contributed by atoms with van der Waals surface area (Å²) < 4.78 is 0. The van der Waals surface area contributed by atoms with Crippen LogP contribution in [-0.4, -0.2) is 31.3 Å². The molecule has 0 spiro atoms. The molecule has 1 aromatic carbocycles. The minimum Gasteiger partial charge on any atom is -0.288 e. The molecule has 0 unspecified atom stereocenters. The molecule has 2 N–H and O–H groups in total. The number of rotatable bonds is 2. The number of anilines is 1. The first-order valence-corrected chi connectivity index (χ1v) is 5.23. The zero-order valence-electron chi connectivity index (χ0n) is 9.16. The molecule has 2 heterocycles. The van der Waals surface area contributed by atoms with Crippen molar-refractivity contribution in [3.8, 4) is 0 Å². The van der Waals surface area contributed by atoms with E-state index in [2.05, 4.69) is 30.7 Å². The van der Waals surface area contributed by atoms with Crippen molar-refractivity contribution >= 4 is 22.8 Å². The third kappa shape index (κ3) is 1.77. The van der Waals surface area contributed by atoms with Crippen LogP contribution in [0.3, 0.4) is 0 Å². The van der Waals surface area contributed by atoms with Gasteiger partial charge < -0.3 is 0 Å². The molecule has 0 radical (unpaired) electrons. The Morgan fingerprint density at radius 2 is 2.11 bits per heavy atom. The van der Waals surface area contributed by atoms with Gasteiger partial charge in [0, 0.05) is 5.39 Å². The van der Waals surface area contributed by atoms with Gasteiger partial charge in [0.25, 0.3) is 5.91 Å². The number of hydrogen-bond donors (Lipinski definition) is 2. The quantitative estimate of drug-likeness (QED) is 0.696. The number of carbonyl (C=O) groups is 1. The van der Waals surface area contributed by atoms with Crippen LogP contribution in [0.5, 0.6) is 0 Å². The summed E-state index contributed by atoms with van der Waals surface area (Å²) in [6, 6.07) is 7.37. The molecule has 0 aliphatic carbocycles. The fraction of sp³-hybridized carbons (Fsp3) is 0. The van der Waals surface area contributed by atoms with Crippen LogP contribution >= 0.6 is 0 Å². The second kappa shape index (κ2) is 4.21. The van der Waals surface area contributed by atoms with E-state index in [1.807, 2.05) is 24.3 Å². The molecule has 0 aliphatic rings. The van der Waals surface area contributed by atoms with Crippen molar-refractivity contribution in [3.05, 3.63) is 42.4 Å². The summed E-state index contributed by atoms with van der Waals surface area (Å²) in [6.07, 6.45) is 2.88. The number of benzene rings is 1.